The van der Waals surface area contributed by atoms with Gasteiger partial charge in [-0.3, -0.25) is 0 Å². The van der Waals surface area contributed by atoms with Crippen molar-refractivity contribution in [3.63, 3.8) is 0 Å². The summed E-state index contributed by atoms with van der Waals surface area (Å²) in [4.78, 5) is 2.42. The van der Waals surface area contributed by atoms with Gasteiger partial charge in [0.05, 0.1) is 12.3 Å². The number of piperidine rings is 1. The molecule has 94 valence electrons. The van der Waals surface area contributed by atoms with Crippen LogP contribution < -0.4 is 15.4 Å². The number of nitrogen functional groups attached to an aromatic ring is 1. The summed E-state index contributed by atoms with van der Waals surface area (Å²) in [7, 11) is 0. The molecule has 0 radical (unpaired) electrons. The van der Waals surface area contributed by atoms with Crippen molar-refractivity contribution in [3.05, 3.63) is 18.2 Å². The molecule has 1 fully saturated rings. The Morgan fingerprint density at radius 1 is 1.35 bits per heavy atom. The fraction of sp³-hybridized carbons (Fsp3) is 0.571. The zero-order valence-electron chi connectivity index (χ0n) is 10.8. The average Bonchev–Trinajstić information content (AvgIpc) is 2.33. The number of hydrogen-bond acceptors (Lipinski definition) is 3. The highest BCUT2D eigenvalue weighted by atomic mass is 16.5. The van der Waals surface area contributed by atoms with Gasteiger partial charge in [-0.05, 0) is 37.8 Å². The molecular formula is C14H22N2O. The van der Waals surface area contributed by atoms with Crippen molar-refractivity contribution in [2.75, 3.05) is 30.3 Å². The summed E-state index contributed by atoms with van der Waals surface area (Å²) >= 11 is 0. The van der Waals surface area contributed by atoms with Crippen LogP contribution in [0.4, 0.5) is 11.4 Å². The first kappa shape index (κ1) is 12.1. The first-order chi connectivity index (χ1) is 8.20. The molecule has 0 saturated carbocycles. The lowest BCUT2D eigenvalue weighted by Gasteiger charge is -2.32. The molecule has 2 rings (SSSR count). The third-order valence-electron chi connectivity index (χ3n) is 3.45. The van der Waals surface area contributed by atoms with Gasteiger partial charge in [-0.25, -0.2) is 0 Å². The normalized spacial score (nSPS) is 17.2. The van der Waals surface area contributed by atoms with Crippen molar-refractivity contribution < 1.29 is 4.74 Å². The fourth-order valence-electron chi connectivity index (χ4n) is 2.27. The van der Waals surface area contributed by atoms with Crippen LogP contribution in [0, 0.1) is 5.92 Å². The molecule has 1 aromatic carbocycles. The second-order valence-electron chi connectivity index (χ2n) is 4.82. The first-order valence-corrected chi connectivity index (χ1v) is 6.48. The standard InChI is InChI=1S/C14H22N2O/c1-3-17-14-10-12(4-5-13(14)15)16-8-6-11(2)7-9-16/h4-5,10-11H,3,6-9,15H2,1-2H3. The van der Waals surface area contributed by atoms with Crippen LogP contribution in [0.15, 0.2) is 18.2 Å². The smallest absolute Gasteiger partial charge is 0.144 e. The summed E-state index contributed by atoms with van der Waals surface area (Å²) in [6.45, 7) is 7.23. The van der Waals surface area contributed by atoms with Gasteiger partial charge in [-0.15, -0.1) is 0 Å². The predicted octanol–water partition coefficient (Wildman–Crippen LogP) is 2.90. The number of anilines is 2. The summed E-state index contributed by atoms with van der Waals surface area (Å²) < 4.78 is 5.54. The number of rotatable bonds is 3. The van der Waals surface area contributed by atoms with Crippen LogP contribution in [0.2, 0.25) is 0 Å². The quantitative estimate of drug-likeness (QED) is 0.817. The van der Waals surface area contributed by atoms with Crippen LogP contribution in [0.3, 0.4) is 0 Å². The number of benzene rings is 1. The van der Waals surface area contributed by atoms with E-state index < -0.39 is 0 Å². The highest BCUT2D eigenvalue weighted by Gasteiger charge is 2.16. The highest BCUT2D eigenvalue weighted by Crippen LogP contribution is 2.30. The maximum absolute atomic E-state index is 5.88. The van der Waals surface area contributed by atoms with Crippen LogP contribution in [-0.4, -0.2) is 19.7 Å². The Labute approximate surface area is 104 Å². The topological polar surface area (TPSA) is 38.5 Å². The molecule has 1 aromatic rings. The van der Waals surface area contributed by atoms with Crippen LogP contribution in [-0.2, 0) is 0 Å². The molecule has 1 heterocycles. The molecule has 3 heteroatoms. The van der Waals surface area contributed by atoms with E-state index in [1.54, 1.807) is 0 Å². The molecule has 0 bridgehead atoms. The monoisotopic (exact) mass is 234 g/mol. The Kier molecular flexibility index (Phi) is 3.77. The summed E-state index contributed by atoms with van der Waals surface area (Å²) in [6, 6.07) is 6.10. The third-order valence-corrected chi connectivity index (χ3v) is 3.45. The lowest BCUT2D eigenvalue weighted by Crippen LogP contribution is -2.32. The molecule has 17 heavy (non-hydrogen) atoms. The molecule has 1 aliphatic rings. The Balaban J connectivity index is 2.12. The second kappa shape index (κ2) is 5.30. The molecular weight excluding hydrogens is 212 g/mol. The van der Waals surface area contributed by atoms with Crippen LogP contribution in [0.25, 0.3) is 0 Å². The summed E-state index contributed by atoms with van der Waals surface area (Å²) in [6.07, 6.45) is 2.54. The molecule has 0 unspecified atom stereocenters. The largest absolute Gasteiger partial charge is 0.492 e. The first-order valence-electron chi connectivity index (χ1n) is 6.48. The number of ether oxygens (including phenoxy) is 1. The van der Waals surface area contributed by atoms with Gasteiger partial charge in [-0.2, -0.15) is 0 Å². The Morgan fingerprint density at radius 3 is 2.71 bits per heavy atom. The lowest BCUT2D eigenvalue weighted by atomic mass is 9.99. The summed E-state index contributed by atoms with van der Waals surface area (Å²) in [5.41, 5.74) is 7.84. The van der Waals surface area contributed by atoms with E-state index in [0.717, 1.165) is 30.4 Å². The van der Waals surface area contributed by atoms with Crippen molar-refractivity contribution in [3.8, 4) is 5.75 Å². The maximum Gasteiger partial charge on any atom is 0.144 e. The van der Waals surface area contributed by atoms with E-state index in [0.29, 0.717) is 6.61 Å². The predicted molar refractivity (Wildman–Crippen MR) is 72.6 cm³/mol. The van der Waals surface area contributed by atoms with E-state index in [2.05, 4.69) is 24.0 Å². The minimum absolute atomic E-state index is 0.657. The zero-order chi connectivity index (χ0) is 12.3. The maximum atomic E-state index is 5.88. The molecule has 0 aliphatic carbocycles. The van der Waals surface area contributed by atoms with Crippen LogP contribution >= 0.6 is 0 Å². The zero-order valence-corrected chi connectivity index (χ0v) is 10.8. The molecule has 0 atom stereocenters. The van der Waals surface area contributed by atoms with Gasteiger partial charge in [-0.1, -0.05) is 6.92 Å². The van der Waals surface area contributed by atoms with E-state index in [1.165, 1.54) is 18.5 Å². The minimum atomic E-state index is 0.657. The van der Waals surface area contributed by atoms with E-state index in [4.69, 9.17) is 10.5 Å². The van der Waals surface area contributed by atoms with Crippen LogP contribution in [0.5, 0.6) is 5.75 Å². The molecule has 2 N–H and O–H groups in total. The molecule has 3 nitrogen and oxygen atoms in total. The van der Waals surface area contributed by atoms with Gasteiger partial charge < -0.3 is 15.4 Å². The van der Waals surface area contributed by atoms with Crippen molar-refractivity contribution in [2.45, 2.75) is 26.7 Å². The summed E-state index contributed by atoms with van der Waals surface area (Å²) in [5, 5.41) is 0. The van der Waals surface area contributed by atoms with Crippen molar-refractivity contribution in [1.29, 1.82) is 0 Å². The van der Waals surface area contributed by atoms with Crippen molar-refractivity contribution in [1.82, 2.24) is 0 Å². The number of nitrogens with two attached hydrogens (primary N) is 1. The van der Waals surface area contributed by atoms with Crippen LogP contribution in [0.1, 0.15) is 26.7 Å². The highest BCUT2D eigenvalue weighted by molar-refractivity contribution is 5.62. The molecule has 0 amide bonds. The number of hydrogen-bond donors (Lipinski definition) is 1. The summed E-state index contributed by atoms with van der Waals surface area (Å²) in [5.74, 6) is 1.66. The molecule has 0 spiro atoms. The Hall–Kier alpha value is -1.38. The lowest BCUT2D eigenvalue weighted by molar-refractivity contribution is 0.342. The van der Waals surface area contributed by atoms with Gasteiger partial charge in [0.1, 0.15) is 5.75 Å². The fourth-order valence-corrected chi connectivity index (χ4v) is 2.27. The minimum Gasteiger partial charge on any atom is -0.492 e. The molecule has 1 aliphatic heterocycles. The second-order valence-corrected chi connectivity index (χ2v) is 4.82. The van der Waals surface area contributed by atoms with Gasteiger partial charge >= 0.3 is 0 Å². The Morgan fingerprint density at radius 2 is 2.06 bits per heavy atom. The number of nitrogens with zero attached hydrogens (tertiary/aromatic N) is 1. The van der Waals surface area contributed by atoms with E-state index in [-0.39, 0.29) is 0 Å². The van der Waals surface area contributed by atoms with E-state index in [1.807, 2.05) is 13.0 Å². The molecule has 0 aromatic heterocycles. The van der Waals surface area contributed by atoms with Gasteiger partial charge in [0, 0.05) is 24.8 Å². The van der Waals surface area contributed by atoms with E-state index >= 15 is 0 Å². The van der Waals surface area contributed by atoms with E-state index in [9.17, 15) is 0 Å². The van der Waals surface area contributed by atoms with Gasteiger partial charge in [0.25, 0.3) is 0 Å². The third kappa shape index (κ3) is 2.84. The average molecular weight is 234 g/mol. The Bertz CT molecular complexity index is 370. The van der Waals surface area contributed by atoms with Crippen molar-refractivity contribution >= 4 is 11.4 Å². The molecule has 1 saturated heterocycles. The SMILES string of the molecule is CCOc1cc(N2CCC(C)CC2)ccc1N. The van der Waals surface area contributed by atoms with Gasteiger partial charge in [0.2, 0.25) is 0 Å². The van der Waals surface area contributed by atoms with Gasteiger partial charge in [0.15, 0.2) is 0 Å². The van der Waals surface area contributed by atoms with Crippen molar-refractivity contribution in [2.24, 2.45) is 5.92 Å².